The zero-order valence-electron chi connectivity index (χ0n) is 21.8. The first-order valence-electron chi connectivity index (χ1n) is 12.5. The smallest absolute Gasteiger partial charge is 0.408 e. The minimum absolute atomic E-state index is 0.00812. The van der Waals surface area contributed by atoms with Gasteiger partial charge in [0.1, 0.15) is 11.9 Å². The third-order valence-corrected chi connectivity index (χ3v) is 6.36. The summed E-state index contributed by atoms with van der Waals surface area (Å²) in [7, 11) is 0. The topological polar surface area (TPSA) is 113 Å². The molecule has 3 amide bonds. The van der Waals surface area contributed by atoms with Crippen LogP contribution in [0.4, 0.5) is 15.3 Å². The van der Waals surface area contributed by atoms with Gasteiger partial charge in [0.2, 0.25) is 0 Å². The molecule has 0 saturated heterocycles. The quantitative estimate of drug-likeness (QED) is 0.241. The third-order valence-electron chi connectivity index (χ3n) is 5.58. The van der Waals surface area contributed by atoms with Crippen LogP contribution in [0.2, 0.25) is 0 Å². The van der Waals surface area contributed by atoms with E-state index in [1.165, 1.54) is 11.3 Å². The molecule has 3 rings (SSSR count). The van der Waals surface area contributed by atoms with Gasteiger partial charge in [-0.3, -0.25) is 4.98 Å². The molecule has 0 radical (unpaired) electrons. The molecule has 0 aliphatic heterocycles. The molecular formula is C28H36N4O4S. The molecule has 1 unspecified atom stereocenters. The Morgan fingerprint density at radius 1 is 1.14 bits per heavy atom. The number of carbonyl (C=O) groups is 2. The van der Waals surface area contributed by atoms with Gasteiger partial charge in [0, 0.05) is 39.8 Å². The number of phenolic OH excluding ortho intramolecular Hbond substituents is 1. The molecule has 37 heavy (non-hydrogen) atoms. The van der Waals surface area contributed by atoms with Gasteiger partial charge in [-0.25, -0.2) is 9.59 Å². The summed E-state index contributed by atoms with van der Waals surface area (Å²) in [6.45, 7) is 8.07. The van der Waals surface area contributed by atoms with Crippen molar-refractivity contribution in [1.29, 1.82) is 0 Å². The van der Waals surface area contributed by atoms with Gasteiger partial charge >= 0.3 is 12.1 Å². The van der Waals surface area contributed by atoms with Crippen molar-refractivity contribution in [2.75, 3.05) is 5.32 Å². The summed E-state index contributed by atoms with van der Waals surface area (Å²) in [6.07, 6.45) is 3.16. The fraction of sp³-hybridized carbons (Fsp3) is 0.393. The number of aromatic nitrogens is 1. The van der Waals surface area contributed by atoms with Gasteiger partial charge in [0.25, 0.3) is 0 Å². The van der Waals surface area contributed by atoms with Gasteiger partial charge in [-0.1, -0.05) is 43.7 Å². The average molecular weight is 525 g/mol. The van der Waals surface area contributed by atoms with Gasteiger partial charge in [0.15, 0.2) is 0 Å². The maximum absolute atomic E-state index is 12.6. The molecule has 0 fully saturated rings. The fourth-order valence-corrected chi connectivity index (χ4v) is 4.37. The summed E-state index contributed by atoms with van der Waals surface area (Å²) < 4.78 is 5.78. The third kappa shape index (κ3) is 8.78. The van der Waals surface area contributed by atoms with Gasteiger partial charge in [-0.15, -0.1) is 11.3 Å². The molecule has 1 aromatic heterocycles. The molecule has 9 heteroatoms. The molecule has 0 bridgehead atoms. The fourth-order valence-electron chi connectivity index (χ4n) is 3.83. The number of hydrogen-bond donors (Lipinski definition) is 4. The Morgan fingerprint density at radius 2 is 1.89 bits per heavy atom. The van der Waals surface area contributed by atoms with Crippen molar-refractivity contribution in [2.45, 2.75) is 71.6 Å². The molecule has 198 valence electrons. The van der Waals surface area contributed by atoms with E-state index < -0.39 is 17.7 Å². The van der Waals surface area contributed by atoms with Crippen LogP contribution in [0.15, 0.2) is 54.2 Å². The first-order valence-corrected chi connectivity index (χ1v) is 13.3. The molecule has 1 heterocycles. The standard InChI is InChI=1S/C28H36N4O4S/c1-5-6-12-24(36-27(35)30-17-20-16-29-18-37-20)21-13-14-23(31-26(34)32-28(2,3)4)22(25(21)33)15-19-10-8-7-9-11-19/h7-11,13-14,16,18,24,33H,5-6,12,15,17H2,1-4H3,(H,30,35)(H2,31,32,34). The highest BCUT2D eigenvalue weighted by Crippen LogP contribution is 2.38. The first kappa shape index (κ1) is 28.0. The number of hydrogen-bond acceptors (Lipinski definition) is 6. The Balaban J connectivity index is 1.89. The minimum Gasteiger partial charge on any atom is -0.507 e. The lowest BCUT2D eigenvalue weighted by atomic mass is 9.95. The second kappa shape index (κ2) is 13.1. The molecule has 0 aliphatic carbocycles. The van der Waals surface area contributed by atoms with Crippen LogP contribution in [0, 0.1) is 0 Å². The number of rotatable bonds is 10. The summed E-state index contributed by atoms with van der Waals surface area (Å²) >= 11 is 1.45. The molecule has 3 aromatic rings. The molecule has 0 saturated carbocycles. The predicted molar refractivity (Wildman–Crippen MR) is 147 cm³/mol. The van der Waals surface area contributed by atoms with Gasteiger partial charge in [-0.05, 0) is 51.3 Å². The van der Waals surface area contributed by atoms with Crippen LogP contribution in [0.3, 0.4) is 0 Å². The van der Waals surface area contributed by atoms with Crippen LogP contribution in [-0.4, -0.2) is 27.8 Å². The number of nitrogens with one attached hydrogen (secondary N) is 3. The monoisotopic (exact) mass is 524 g/mol. The highest BCUT2D eigenvalue weighted by Gasteiger charge is 2.24. The van der Waals surface area contributed by atoms with Crippen molar-refractivity contribution in [3.63, 3.8) is 0 Å². The van der Waals surface area contributed by atoms with Crippen LogP contribution in [0.5, 0.6) is 5.75 Å². The number of ether oxygens (including phenoxy) is 1. The number of amides is 3. The number of nitrogens with zero attached hydrogens (tertiary/aromatic N) is 1. The number of alkyl carbamates (subject to hydrolysis) is 1. The van der Waals surface area contributed by atoms with E-state index in [0.29, 0.717) is 36.2 Å². The van der Waals surface area contributed by atoms with Crippen LogP contribution in [-0.2, 0) is 17.7 Å². The van der Waals surface area contributed by atoms with E-state index in [4.69, 9.17) is 4.74 Å². The van der Waals surface area contributed by atoms with E-state index in [-0.39, 0.29) is 11.8 Å². The van der Waals surface area contributed by atoms with Gasteiger partial charge in [-0.2, -0.15) is 0 Å². The highest BCUT2D eigenvalue weighted by atomic mass is 32.1. The molecule has 4 N–H and O–H groups in total. The summed E-state index contributed by atoms with van der Waals surface area (Å²) in [5, 5.41) is 20.0. The molecule has 0 aliphatic rings. The van der Waals surface area contributed by atoms with Crippen LogP contribution < -0.4 is 16.0 Å². The molecule has 8 nitrogen and oxygen atoms in total. The second-order valence-corrected chi connectivity index (χ2v) is 10.8. The maximum Gasteiger partial charge on any atom is 0.408 e. The van der Waals surface area contributed by atoms with E-state index in [1.807, 2.05) is 51.1 Å². The van der Waals surface area contributed by atoms with Crippen molar-refractivity contribution in [3.8, 4) is 5.75 Å². The van der Waals surface area contributed by atoms with Crippen molar-refractivity contribution in [3.05, 3.63) is 75.7 Å². The number of phenols is 1. The Kier molecular flexibility index (Phi) is 9.91. The lowest BCUT2D eigenvalue weighted by Gasteiger charge is -2.24. The van der Waals surface area contributed by atoms with E-state index in [2.05, 4.69) is 27.9 Å². The van der Waals surface area contributed by atoms with Gasteiger partial charge < -0.3 is 25.8 Å². The largest absolute Gasteiger partial charge is 0.507 e. The number of urea groups is 1. The molecule has 2 aromatic carbocycles. The Morgan fingerprint density at radius 3 is 2.54 bits per heavy atom. The zero-order valence-corrected chi connectivity index (χ0v) is 22.7. The summed E-state index contributed by atoms with van der Waals surface area (Å²) in [5.74, 6) is 0.00812. The lowest BCUT2D eigenvalue weighted by Crippen LogP contribution is -2.43. The van der Waals surface area contributed by atoms with E-state index in [0.717, 1.165) is 23.3 Å². The highest BCUT2D eigenvalue weighted by molar-refractivity contribution is 7.09. The van der Waals surface area contributed by atoms with E-state index in [9.17, 15) is 14.7 Å². The second-order valence-electron chi connectivity index (χ2n) is 9.88. The van der Waals surface area contributed by atoms with E-state index >= 15 is 0 Å². The van der Waals surface area contributed by atoms with Gasteiger partial charge in [0.05, 0.1) is 12.1 Å². The minimum atomic E-state index is -0.645. The predicted octanol–water partition coefficient (Wildman–Crippen LogP) is 6.52. The lowest BCUT2D eigenvalue weighted by molar-refractivity contribution is 0.0893. The molecule has 1 atom stereocenters. The Bertz CT molecular complexity index is 1160. The van der Waals surface area contributed by atoms with E-state index in [1.54, 1.807) is 23.8 Å². The number of thiazole rings is 1. The number of anilines is 1. The number of unbranched alkanes of at least 4 members (excludes halogenated alkanes) is 1. The summed E-state index contributed by atoms with van der Waals surface area (Å²) in [5.41, 5.74) is 3.82. The molecular weight excluding hydrogens is 488 g/mol. The van der Waals surface area contributed by atoms with Crippen LogP contribution >= 0.6 is 11.3 Å². The van der Waals surface area contributed by atoms with Crippen molar-refractivity contribution >= 4 is 29.1 Å². The normalized spacial score (nSPS) is 12.0. The van der Waals surface area contributed by atoms with Crippen molar-refractivity contribution < 1.29 is 19.4 Å². The number of benzene rings is 2. The maximum atomic E-state index is 12.6. The first-order chi connectivity index (χ1) is 17.7. The number of aromatic hydroxyl groups is 1. The van der Waals surface area contributed by atoms with Crippen molar-refractivity contribution in [1.82, 2.24) is 15.6 Å². The SMILES string of the molecule is CCCCC(OC(=O)NCc1cncs1)c1ccc(NC(=O)NC(C)(C)C)c(Cc2ccccc2)c1O. The summed E-state index contributed by atoms with van der Waals surface area (Å²) in [4.78, 5) is 30.2. The Hall–Kier alpha value is -3.59. The Labute approximate surface area is 222 Å². The zero-order chi connectivity index (χ0) is 26.8. The summed E-state index contributed by atoms with van der Waals surface area (Å²) in [6, 6.07) is 12.8. The van der Waals surface area contributed by atoms with Crippen molar-refractivity contribution in [2.24, 2.45) is 0 Å². The van der Waals surface area contributed by atoms with Crippen LogP contribution in [0.1, 0.15) is 74.6 Å². The molecule has 0 spiro atoms. The number of carbonyl (C=O) groups excluding carboxylic acids is 2. The van der Waals surface area contributed by atoms with Crippen LogP contribution in [0.25, 0.3) is 0 Å². The average Bonchev–Trinajstić information content (AvgIpc) is 3.36.